The van der Waals surface area contributed by atoms with Gasteiger partial charge in [-0.3, -0.25) is 0 Å². The van der Waals surface area contributed by atoms with Gasteiger partial charge in [-0.05, 0) is 23.3 Å². The van der Waals surface area contributed by atoms with Crippen LogP contribution in [0.25, 0.3) is 0 Å². The standard InChI is InChI=1S/C22H21N3/c1-25-21(18-13-7-3-8-14-18)20(17-11-5-2-6-12-17)24-22(25)23-19-15-9-4-10-16-19/h2-16,20-21H,1H3,(H,23,24). The third-order valence-electron chi connectivity index (χ3n) is 4.64. The van der Waals surface area contributed by atoms with Gasteiger partial charge in [-0.15, -0.1) is 0 Å². The average Bonchev–Trinajstić information content (AvgIpc) is 3.00. The number of para-hydroxylation sites is 1. The van der Waals surface area contributed by atoms with Crippen LogP contribution in [-0.4, -0.2) is 17.9 Å². The van der Waals surface area contributed by atoms with E-state index in [2.05, 4.69) is 77.9 Å². The number of rotatable bonds is 3. The third kappa shape index (κ3) is 3.13. The molecule has 1 aliphatic rings. The molecule has 1 heterocycles. The normalized spacial score (nSPS) is 21.3. The molecule has 2 unspecified atom stereocenters. The van der Waals surface area contributed by atoms with E-state index in [4.69, 9.17) is 4.99 Å². The Morgan fingerprint density at radius 2 is 1.24 bits per heavy atom. The average molecular weight is 327 g/mol. The summed E-state index contributed by atoms with van der Waals surface area (Å²) in [4.78, 5) is 7.06. The van der Waals surface area contributed by atoms with Gasteiger partial charge in [0.05, 0.1) is 17.8 Å². The minimum absolute atomic E-state index is 0.163. The molecule has 0 bridgehead atoms. The molecule has 1 N–H and O–H groups in total. The van der Waals surface area contributed by atoms with E-state index in [9.17, 15) is 0 Å². The summed E-state index contributed by atoms with van der Waals surface area (Å²) in [6.07, 6.45) is 0. The first-order valence-electron chi connectivity index (χ1n) is 8.56. The molecule has 1 saturated heterocycles. The van der Waals surface area contributed by atoms with Crippen LogP contribution in [-0.2, 0) is 0 Å². The molecule has 3 heteroatoms. The number of nitrogens with one attached hydrogen (secondary N) is 1. The summed E-state index contributed by atoms with van der Waals surface area (Å²) < 4.78 is 0. The van der Waals surface area contributed by atoms with Crippen molar-refractivity contribution in [2.75, 3.05) is 7.05 Å². The van der Waals surface area contributed by atoms with Crippen molar-refractivity contribution >= 4 is 11.6 Å². The Morgan fingerprint density at radius 1 is 0.720 bits per heavy atom. The van der Waals surface area contributed by atoms with E-state index >= 15 is 0 Å². The molecule has 4 rings (SSSR count). The molecular weight excluding hydrogens is 306 g/mol. The van der Waals surface area contributed by atoms with E-state index in [1.165, 1.54) is 11.1 Å². The van der Waals surface area contributed by atoms with E-state index in [0.29, 0.717) is 0 Å². The number of hydrogen-bond donors (Lipinski definition) is 1. The van der Waals surface area contributed by atoms with Crippen molar-refractivity contribution in [2.24, 2.45) is 4.99 Å². The summed E-state index contributed by atoms with van der Waals surface area (Å²) in [6, 6.07) is 31.6. The Hall–Kier alpha value is -3.07. The molecule has 25 heavy (non-hydrogen) atoms. The third-order valence-corrected chi connectivity index (χ3v) is 4.64. The van der Waals surface area contributed by atoms with Crippen molar-refractivity contribution in [1.29, 1.82) is 0 Å². The summed E-state index contributed by atoms with van der Waals surface area (Å²) in [5.41, 5.74) is 3.50. The van der Waals surface area contributed by atoms with Gasteiger partial charge in [0.1, 0.15) is 0 Å². The molecule has 3 aromatic rings. The SMILES string of the molecule is CN1/C(=N/c2ccccc2)NC(c2ccccc2)C1c1ccccc1. The van der Waals surface area contributed by atoms with Crippen molar-refractivity contribution < 1.29 is 0 Å². The van der Waals surface area contributed by atoms with Gasteiger partial charge in [-0.2, -0.15) is 0 Å². The van der Waals surface area contributed by atoms with Gasteiger partial charge in [0.15, 0.2) is 5.96 Å². The molecule has 0 aliphatic carbocycles. The predicted molar refractivity (Wildman–Crippen MR) is 103 cm³/mol. The summed E-state index contributed by atoms with van der Waals surface area (Å²) in [6.45, 7) is 0. The molecule has 0 radical (unpaired) electrons. The minimum Gasteiger partial charge on any atom is -0.347 e. The van der Waals surface area contributed by atoms with E-state index in [1.807, 2.05) is 30.3 Å². The maximum atomic E-state index is 4.82. The summed E-state index contributed by atoms with van der Waals surface area (Å²) in [7, 11) is 2.11. The van der Waals surface area contributed by atoms with Crippen LogP contribution in [0.4, 0.5) is 5.69 Å². The first-order chi connectivity index (χ1) is 12.3. The quantitative estimate of drug-likeness (QED) is 0.755. The molecule has 0 amide bonds. The lowest BCUT2D eigenvalue weighted by molar-refractivity contribution is 0.370. The van der Waals surface area contributed by atoms with Crippen molar-refractivity contribution in [3.05, 3.63) is 102 Å². The van der Waals surface area contributed by atoms with Crippen LogP contribution < -0.4 is 5.32 Å². The van der Waals surface area contributed by atoms with Crippen LogP contribution in [0, 0.1) is 0 Å². The molecule has 1 aliphatic heterocycles. The number of likely N-dealkylation sites (N-methyl/N-ethyl adjacent to an activating group) is 1. The van der Waals surface area contributed by atoms with Crippen LogP contribution in [0.3, 0.4) is 0 Å². The van der Waals surface area contributed by atoms with Gasteiger partial charge in [0.2, 0.25) is 0 Å². The Balaban J connectivity index is 1.75. The number of benzene rings is 3. The number of aliphatic imine (C=N–C) groups is 1. The second kappa shape index (κ2) is 6.81. The fraction of sp³-hybridized carbons (Fsp3) is 0.136. The first kappa shape index (κ1) is 15.5. The van der Waals surface area contributed by atoms with Gasteiger partial charge in [0, 0.05) is 7.05 Å². The second-order valence-corrected chi connectivity index (χ2v) is 6.27. The van der Waals surface area contributed by atoms with Gasteiger partial charge in [-0.1, -0.05) is 78.9 Å². The highest BCUT2D eigenvalue weighted by atomic mass is 15.4. The van der Waals surface area contributed by atoms with Gasteiger partial charge in [0.25, 0.3) is 0 Å². The van der Waals surface area contributed by atoms with E-state index < -0.39 is 0 Å². The number of guanidine groups is 1. The molecule has 3 nitrogen and oxygen atoms in total. The Labute approximate surface area is 148 Å². The fourth-order valence-electron chi connectivity index (χ4n) is 3.40. The van der Waals surface area contributed by atoms with Gasteiger partial charge >= 0.3 is 0 Å². The molecule has 0 aromatic heterocycles. The minimum atomic E-state index is 0.163. The lowest BCUT2D eigenvalue weighted by Crippen LogP contribution is -2.27. The van der Waals surface area contributed by atoms with Crippen LogP contribution >= 0.6 is 0 Å². The van der Waals surface area contributed by atoms with E-state index in [1.54, 1.807) is 0 Å². The van der Waals surface area contributed by atoms with Crippen LogP contribution in [0.5, 0.6) is 0 Å². The molecule has 2 atom stereocenters. The number of hydrogen-bond acceptors (Lipinski definition) is 1. The molecule has 0 saturated carbocycles. The Kier molecular flexibility index (Phi) is 4.21. The molecule has 1 fully saturated rings. The topological polar surface area (TPSA) is 27.6 Å². The molecule has 3 aromatic carbocycles. The second-order valence-electron chi connectivity index (χ2n) is 6.27. The zero-order chi connectivity index (χ0) is 17.1. The zero-order valence-corrected chi connectivity index (χ0v) is 14.2. The summed E-state index contributed by atoms with van der Waals surface area (Å²) in [5.74, 6) is 0.897. The predicted octanol–water partition coefficient (Wildman–Crippen LogP) is 4.69. The largest absolute Gasteiger partial charge is 0.347 e. The monoisotopic (exact) mass is 327 g/mol. The van der Waals surface area contributed by atoms with E-state index in [0.717, 1.165) is 11.6 Å². The van der Waals surface area contributed by atoms with Gasteiger partial charge < -0.3 is 10.2 Å². The smallest absolute Gasteiger partial charge is 0.200 e. The van der Waals surface area contributed by atoms with Crippen molar-refractivity contribution in [3.8, 4) is 0 Å². The highest BCUT2D eigenvalue weighted by Gasteiger charge is 2.37. The summed E-state index contributed by atoms with van der Waals surface area (Å²) >= 11 is 0. The molecular formula is C22H21N3. The van der Waals surface area contributed by atoms with Crippen molar-refractivity contribution in [1.82, 2.24) is 10.2 Å². The Morgan fingerprint density at radius 3 is 1.84 bits per heavy atom. The Bertz CT molecular complexity index is 844. The first-order valence-corrected chi connectivity index (χ1v) is 8.56. The number of nitrogens with zero attached hydrogens (tertiary/aromatic N) is 2. The lowest BCUT2D eigenvalue weighted by Gasteiger charge is -2.25. The highest BCUT2D eigenvalue weighted by Crippen LogP contribution is 2.38. The maximum Gasteiger partial charge on any atom is 0.200 e. The maximum absolute atomic E-state index is 4.82. The molecule has 0 spiro atoms. The zero-order valence-electron chi connectivity index (χ0n) is 14.2. The lowest BCUT2D eigenvalue weighted by atomic mass is 9.94. The van der Waals surface area contributed by atoms with Crippen LogP contribution in [0.1, 0.15) is 23.2 Å². The van der Waals surface area contributed by atoms with Crippen molar-refractivity contribution in [3.63, 3.8) is 0 Å². The fourth-order valence-corrected chi connectivity index (χ4v) is 3.40. The molecule has 124 valence electrons. The van der Waals surface area contributed by atoms with Gasteiger partial charge in [-0.25, -0.2) is 4.99 Å². The highest BCUT2D eigenvalue weighted by molar-refractivity contribution is 5.85. The van der Waals surface area contributed by atoms with Crippen LogP contribution in [0.15, 0.2) is 96.0 Å². The van der Waals surface area contributed by atoms with E-state index in [-0.39, 0.29) is 12.1 Å². The summed E-state index contributed by atoms with van der Waals surface area (Å²) in [5, 5.41) is 3.63. The van der Waals surface area contributed by atoms with Crippen LogP contribution in [0.2, 0.25) is 0 Å². The van der Waals surface area contributed by atoms with Crippen molar-refractivity contribution in [2.45, 2.75) is 12.1 Å².